The van der Waals surface area contributed by atoms with Crippen LogP contribution >= 0.6 is 22.9 Å². The fraction of sp³-hybridized carbons (Fsp3) is 0.111. The molecule has 1 heterocycles. The summed E-state index contributed by atoms with van der Waals surface area (Å²) in [4.78, 5) is 15.1. The molecule has 2 aromatic rings. The van der Waals surface area contributed by atoms with Gasteiger partial charge in [0, 0.05) is 5.56 Å². The molecule has 13 heavy (non-hydrogen) atoms. The van der Waals surface area contributed by atoms with Gasteiger partial charge in [-0.25, -0.2) is 4.98 Å². The first-order chi connectivity index (χ1) is 6.16. The normalized spacial score (nSPS) is 10.6. The summed E-state index contributed by atoms with van der Waals surface area (Å²) in [6.07, 6.45) is 0. The number of hydrogen-bond donors (Lipinski definition) is 0. The Hall–Kier alpha value is -0.930. The Morgan fingerprint density at radius 1 is 1.54 bits per heavy atom. The highest BCUT2D eigenvalue weighted by molar-refractivity contribution is 7.18. The maximum Gasteiger partial charge on any atom is 0.252 e. The predicted molar refractivity (Wildman–Crippen MR) is 54.5 cm³/mol. The number of benzene rings is 1. The Labute approximate surface area is 84.2 Å². The second-order valence-corrected chi connectivity index (χ2v) is 4.27. The zero-order valence-corrected chi connectivity index (χ0v) is 8.45. The van der Waals surface area contributed by atoms with E-state index in [4.69, 9.17) is 11.6 Å². The summed E-state index contributed by atoms with van der Waals surface area (Å²) in [6.45, 7) is 1.94. The minimum atomic E-state index is -0.423. The molecule has 0 saturated carbocycles. The minimum absolute atomic E-state index is 0.423. The Bertz CT molecular complexity index is 477. The summed E-state index contributed by atoms with van der Waals surface area (Å²) in [5, 5.41) is 0.571. The molecule has 0 unspecified atom stereocenters. The van der Waals surface area contributed by atoms with E-state index in [1.807, 2.05) is 13.0 Å². The molecule has 66 valence electrons. The van der Waals surface area contributed by atoms with Crippen LogP contribution in [0.4, 0.5) is 0 Å². The van der Waals surface area contributed by atoms with Crippen molar-refractivity contribution in [3.63, 3.8) is 0 Å². The molecular formula is C9H6ClNOS. The third kappa shape index (κ3) is 1.57. The third-order valence-corrected chi connectivity index (χ3v) is 2.87. The second-order valence-electron chi connectivity index (χ2n) is 2.69. The van der Waals surface area contributed by atoms with Crippen LogP contribution < -0.4 is 0 Å². The number of rotatable bonds is 1. The second kappa shape index (κ2) is 3.09. The van der Waals surface area contributed by atoms with Crippen LogP contribution in [0.15, 0.2) is 18.2 Å². The predicted octanol–water partition coefficient (Wildman–Crippen LogP) is 2.98. The van der Waals surface area contributed by atoms with Gasteiger partial charge < -0.3 is 0 Å². The van der Waals surface area contributed by atoms with Crippen molar-refractivity contribution in [2.75, 3.05) is 0 Å². The van der Waals surface area contributed by atoms with E-state index in [2.05, 4.69) is 4.98 Å². The van der Waals surface area contributed by atoms with Crippen LogP contribution in [0.5, 0.6) is 0 Å². The van der Waals surface area contributed by atoms with Crippen LogP contribution in [0.1, 0.15) is 15.4 Å². The van der Waals surface area contributed by atoms with E-state index < -0.39 is 5.24 Å². The highest BCUT2D eigenvalue weighted by Crippen LogP contribution is 2.23. The Morgan fingerprint density at radius 3 is 3.00 bits per heavy atom. The Morgan fingerprint density at radius 2 is 2.31 bits per heavy atom. The van der Waals surface area contributed by atoms with Gasteiger partial charge in [-0.2, -0.15) is 0 Å². The summed E-state index contributed by atoms with van der Waals surface area (Å²) in [7, 11) is 0. The molecule has 0 radical (unpaired) electrons. The molecule has 0 aliphatic carbocycles. The molecule has 0 atom stereocenters. The summed E-state index contributed by atoms with van der Waals surface area (Å²) in [6, 6.07) is 5.28. The van der Waals surface area contributed by atoms with Gasteiger partial charge in [-0.1, -0.05) is 0 Å². The van der Waals surface area contributed by atoms with Crippen molar-refractivity contribution in [2.24, 2.45) is 0 Å². The van der Waals surface area contributed by atoms with E-state index >= 15 is 0 Å². The maximum absolute atomic E-state index is 10.8. The average molecular weight is 212 g/mol. The van der Waals surface area contributed by atoms with Gasteiger partial charge in [0.25, 0.3) is 5.24 Å². The largest absolute Gasteiger partial charge is 0.276 e. The van der Waals surface area contributed by atoms with Gasteiger partial charge in [0.1, 0.15) is 0 Å². The number of aromatic nitrogens is 1. The molecule has 0 saturated heterocycles. The van der Waals surface area contributed by atoms with E-state index in [1.54, 1.807) is 23.5 Å². The van der Waals surface area contributed by atoms with Crippen LogP contribution in [0, 0.1) is 6.92 Å². The fourth-order valence-corrected chi connectivity index (χ4v) is 2.15. The monoisotopic (exact) mass is 211 g/mol. The molecule has 0 amide bonds. The van der Waals surface area contributed by atoms with E-state index in [1.165, 1.54) is 0 Å². The zero-order valence-electron chi connectivity index (χ0n) is 6.87. The van der Waals surface area contributed by atoms with Crippen molar-refractivity contribution < 1.29 is 4.79 Å². The molecule has 2 nitrogen and oxygen atoms in total. The van der Waals surface area contributed by atoms with Gasteiger partial charge in [0.15, 0.2) is 0 Å². The van der Waals surface area contributed by atoms with Crippen molar-refractivity contribution in [1.29, 1.82) is 0 Å². The molecule has 1 aromatic carbocycles. The van der Waals surface area contributed by atoms with Gasteiger partial charge in [-0.05, 0) is 36.7 Å². The SMILES string of the molecule is Cc1nc2ccc(C(=O)Cl)cc2s1. The molecule has 0 fully saturated rings. The topological polar surface area (TPSA) is 30.0 Å². The van der Waals surface area contributed by atoms with Crippen LogP contribution in [0.25, 0.3) is 10.2 Å². The van der Waals surface area contributed by atoms with Gasteiger partial charge in [0.2, 0.25) is 0 Å². The van der Waals surface area contributed by atoms with E-state index in [9.17, 15) is 4.79 Å². The quantitative estimate of drug-likeness (QED) is 0.679. The van der Waals surface area contributed by atoms with Gasteiger partial charge in [-0.15, -0.1) is 11.3 Å². The lowest BCUT2D eigenvalue weighted by atomic mass is 10.2. The maximum atomic E-state index is 10.8. The summed E-state index contributed by atoms with van der Waals surface area (Å²) < 4.78 is 1.00. The van der Waals surface area contributed by atoms with Crippen molar-refractivity contribution >= 4 is 38.4 Å². The van der Waals surface area contributed by atoms with Crippen molar-refractivity contribution in [3.05, 3.63) is 28.8 Å². The van der Waals surface area contributed by atoms with Crippen LogP contribution in [0.3, 0.4) is 0 Å². The van der Waals surface area contributed by atoms with Gasteiger partial charge in [0.05, 0.1) is 15.2 Å². The molecule has 2 rings (SSSR count). The van der Waals surface area contributed by atoms with Gasteiger partial charge >= 0.3 is 0 Å². The standard InChI is InChI=1S/C9H6ClNOS/c1-5-11-7-3-2-6(9(10)12)4-8(7)13-5/h2-4H,1H3. The van der Waals surface area contributed by atoms with Crippen molar-refractivity contribution in [2.45, 2.75) is 6.92 Å². The number of thiazole rings is 1. The molecule has 0 bridgehead atoms. The van der Waals surface area contributed by atoms with Crippen LogP contribution in [-0.2, 0) is 0 Å². The number of carbonyl (C=O) groups is 1. The minimum Gasteiger partial charge on any atom is -0.276 e. The number of hydrogen-bond acceptors (Lipinski definition) is 3. The highest BCUT2D eigenvalue weighted by Gasteiger charge is 2.05. The number of fused-ring (bicyclic) bond motifs is 1. The molecule has 0 spiro atoms. The molecule has 4 heteroatoms. The summed E-state index contributed by atoms with van der Waals surface area (Å²) >= 11 is 6.92. The number of aryl methyl sites for hydroxylation is 1. The Kier molecular flexibility index (Phi) is 2.06. The van der Waals surface area contributed by atoms with E-state index in [-0.39, 0.29) is 0 Å². The lowest BCUT2D eigenvalue weighted by Gasteiger charge is -1.91. The lowest BCUT2D eigenvalue weighted by molar-refractivity contribution is 0.108. The first-order valence-corrected chi connectivity index (χ1v) is 4.93. The molecule has 0 aliphatic heterocycles. The van der Waals surface area contributed by atoms with Crippen molar-refractivity contribution in [3.8, 4) is 0 Å². The molecular weight excluding hydrogens is 206 g/mol. The molecule has 0 aliphatic rings. The molecule has 1 aromatic heterocycles. The number of nitrogens with zero attached hydrogens (tertiary/aromatic N) is 1. The average Bonchev–Trinajstić information content (AvgIpc) is 2.42. The van der Waals surface area contributed by atoms with E-state index in [0.29, 0.717) is 5.56 Å². The summed E-state index contributed by atoms with van der Waals surface area (Å²) in [5.74, 6) is 0. The number of carbonyl (C=O) groups excluding carboxylic acids is 1. The zero-order chi connectivity index (χ0) is 9.42. The van der Waals surface area contributed by atoms with E-state index in [0.717, 1.165) is 15.2 Å². The smallest absolute Gasteiger partial charge is 0.252 e. The first-order valence-electron chi connectivity index (χ1n) is 3.74. The first kappa shape index (κ1) is 8.66. The third-order valence-electron chi connectivity index (χ3n) is 1.72. The van der Waals surface area contributed by atoms with Gasteiger partial charge in [-0.3, -0.25) is 4.79 Å². The highest BCUT2D eigenvalue weighted by atomic mass is 35.5. The number of halogens is 1. The van der Waals surface area contributed by atoms with Crippen LogP contribution in [-0.4, -0.2) is 10.2 Å². The summed E-state index contributed by atoms with van der Waals surface area (Å²) in [5.41, 5.74) is 1.45. The Balaban J connectivity index is 2.67. The van der Waals surface area contributed by atoms with Crippen LogP contribution in [0.2, 0.25) is 0 Å². The fourth-order valence-electron chi connectivity index (χ4n) is 1.16. The van der Waals surface area contributed by atoms with Crippen molar-refractivity contribution in [1.82, 2.24) is 4.98 Å². The lowest BCUT2D eigenvalue weighted by Crippen LogP contribution is -1.86. The molecule has 0 N–H and O–H groups in total.